The van der Waals surface area contributed by atoms with Gasteiger partial charge in [-0.15, -0.1) is 0 Å². The highest BCUT2D eigenvalue weighted by Crippen LogP contribution is 2.14. The van der Waals surface area contributed by atoms with Crippen molar-refractivity contribution in [2.45, 2.75) is 46.1 Å². The van der Waals surface area contributed by atoms with Crippen LogP contribution in [0.4, 0.5) is 0 Å². The number of hydrogen-bond acceptors (Lipinski definition) is 1. The molecule has 0 bridgehead atoms. The van der Waals surface area contributed by atoms with Crippen LogP contribution in [0.2, 0.25) is 0 Å². The maximum Gasteiger partial charge on any atom is 0.00638 e. The van der Waals surface area contributed by atoms with Crippen molar-refractivity contribution in [2.24, 2.45) is 5.92 Å². The molecule has 0 aromatic carbocycles. The van der Waals surface area contributed by atoms with E-state index in [1.54, 1.807) is 0 Å². The van der Waals surface area contributed by atoms with Crippen molar-refractivity contribution >= 4 is 0 Å². The van der Waals surface area contributed by atoms with Gasteiger partial charge in [0.15, 0.2) is 0 Å². The maximum absolute atomic E-state index is 3.30. The Labute approximate surface area is 65.2 Å². The second-order valence-corrected chi connectivity index (χ2v) is 3.03. The molecular formula is C9H21N. The largest absolute Gasteiger partial charge is 0.317 e. The van der Waals surface area contributed by atoms with Gasteiger partial charge in [-0.25, -0.2) is 0 Å². The lowest BCUT2D eigenvalue weighted by molar-refractivity contribution is 0.357. The van der Waals surface area contributed by atoms with Crippen LogP contribution in [-0.2, 0) is 0 Å². The van der Waals surface area contributed by atoms with E-state index in [2.05, 4.69) is 26.1 Å². The third-order valence-corrected chi connectivity index (χ3v) is 2.35. The Balaban J connectivity index is 3.56. The summed E-state index contributed by atoms with van der Waals surface area (Å²) in [6, 6.07) is 0.685. The van der Waals surface area contributed by atoms with Crippen molar-refractivity contribution in [1.82, 2.24) is 5.32 Å². The van der Waals surface area contributed by atoms with Crippen LogP contribution in [0.1, 0.15) is 40.0 Å². The molecule has 1 heteroatoms. The summed E-state index contributed by atoms with van der Waals surface area (Å²) in [5, 5.41) is 3.30. The van der Waals surface area contributed by atoms with Gasteiger partial charge in [0.25, 0.3) is 0 Å². The topological polar surface area (TPSA) is 12.0 Å². The first-order valence-electron chi connectivity index (χ1n) is 4.43. The van der Waals surface area contributed by atoms with E-state index in [4.69, 9.17) is 0 Å². The molecule has 0 aromatic rings. The van der Waals surface area contributed by atoms with Crippen molar-refractivity contribution in [3.63, 3.8) is 0 Å². The normalized spacial score (nSPS) is 16.8. The Bertz CT molecular complexity index is 71.1. The summed E-state index contributed by atoms with van der Waals surface area (Å²) in [6.45, 7) is 6.79. The lowest BCUT2D eigenvalue weighted by atomic mass is 9.94. The maximum atomic E-state index is 3.30. The molecule has 1 nitrogen and oxygen atoms in total. The molecule has 0 aliphatic rings. The first-order chi connectivity index (χ1) is 4.76. The van der Waals surface area contributed by atoms with Gasteiger partial charge in [-0.1, -0.05) is 26.7 Å². The van der Waals surface area contributed by atoms with Crippen molar-refractivity contribution in [3.05, 3.63) is 0 Å². The molecule has 0 saturated heterocycles. The third kappa shape index (κ3) is 3.21. The second kappa shape index (κ2) is 5.72. The fourth-order valence-corrected chi connectivity index (χ4v) is 1.41. The van der Waals surface area contributed by atoms with Crippen LogP contribution in [0.25, 0.3) is 0 Å². The average Bonchev–Trinajstić information content (AvgIpc) is 1.99. The van der Waals surface area contributed by atoms with Gasteiger partial charge >= 0.3 is 0 Å². The fraction of sp³-hybridized carbons (Fsp3) is 1.00. The lowest BCUT2D eigenvalue weighted by Gasteiger charge is -2.21. The lowest BCUT2D eigenvalue weighted by Crippen LogP contribution is -2.29. The van der Waals surface area contributed by atoms with Gasteiger partial charge in [0.2, 0.25) is 0 Å². The number of rotatable bonds is 5. The molecule has 10 heavy (non-hydrogen) atoms. The smallest absolute Gasteiger partial charge is 0.00638 e. The van der Waals surface area contributed by atoms with Gasteiger partial charge in [-0.3, -0.25) is 0 Å². The zero-order valence-electron chi connectivity index (χ0n) is 7.78. The molecule has 0 aliphatic carbocycles. The first kappa shape index (κ1) is 9.96. The summed E-state index contributed by atoms with van der Waals surface area (Å²) in [7, 11) is 2.04. The van der Waals surface area contributed by atoms with E-state index in [1.165, 1.54) is 19.3 Å². The van der Waals surface area contributed by atoms with E-state index in [-0.39, 0.29) is 0 Å². The minimum atomic E-state index is 0.685. The molecular weight excluding hydrogens is 122 g/mol. The van der Waals surface area contributed by atoms with E-state index >= 15 is 0 Å². The van der Waals surface area contributed by atoms with Crippen LogP contribution < -0.4 is 5.32 Å². The summed E-state index contributed by atoms with van der Waals surface area (Å²) in [6.07, 6.45) is 3.97. The summed E-state index contributed by atoms with van der Waals surface area (Å²) in [5.74, 6) is 0.870. The van der Waals surface area contributed by atoms with E-state index in [0.29, 0.717) is 6.04 Å². The Kier molecular flexibility index (Phi) is 5.70. The molecule has 0 radical (unpaired) electrons. The SMILES string of the molecule is CCC[C@H](CC)C(C)NC. The van der Waals surface area contributed by atoms with Crippen molar-refractivity contribution < 1.29 is 0 Å². The summed E-state index contributed by atoms with van der Waals surface area (Å²) >= 11 is 0. The van der Waals surface area contributed by atoms with Crippen LogP contribution in [0.5, 0.6) is 0 Å². The van der Waals surface area contributed by atoms with E-state index < -0.39 is 0 Å². The van der Waals surface area contributed by atoms with Crippen LogP contribution in [0.3, 0.4) is 0 Å². The summed E-state index contributed by atoms with van der Waals surface area (Å²) in [4.78, 5) is 0. The zero-order chi connectivity index (χ0) is 7.98. The summed E-state index contributed by atoms with van der Waals surface area (Å²) < 4.78 is 0. The van der Waals surface area contributed by atoms with E-state index in [1.807, 2.05) is 7.05 Å². The van der Waals surface area contributed by atoms with Gasteiger partial charge in [-0.05, 0) is 26.3 Å². The van der Waals surface area contributed by atoms with Crippen LogP contribution in [-0.4, -0.2) is 13.1 Å². The Morgan fingerprint density at radius 2 is 1.90 bits per heavy atom. The van der Waals surface area contributed by atoms with Gasteiger partial charge in [0.05, 0.1) is 0 Å². The highest BCUT2D eigenvalue weighted by molar-refractivity contribution is 4.68. The van der Waals surface area contributed by atoms with E-state index in [9.17, 15) is 0 Å². The number of hydrogen-bond donors (Lipinski definition) is 1. The molecule has 0 amide bonds. The Morgan fingerprint density at radius 3 is 2.20 bits per heavy atom. The first-order valence-corrected chi connectivity index (χ1v) is 4.43. The molecule has 62 valence electrons. The van der Waals surface area contributed by atoms with Gasteiger partial charge in [-0.2, -0.15) is 0 Å². The minimum absolute atomic E-state index is 0.685. The van der Waals surface area contributed by atoms with Crippen molar-refractivity contribution in [1.29, 1.82) is 0 Å². The van der Waals surface area contributed by atoms with Crippen molar-refractivity contribution in [2.75, 3.05) is 7.05 Å². The monoisotopic (exact) mass is 143 g/mol. The molecule has 0 fully saturated rings. The third-order valence-electron chi connectivity index (χ3n) is 2.35. The molecule has 2 atom stereocenters. The Hall–Kier alpha value is -0.0400. The molecule has 1 N–H and O–H groups in total. The highest BCUT2D eigenvalue weighted by Gasteiger charge is 2.11. The van der Waals surface area contributed by atoms with Gasteiger partial charge < -0.3 is 5.32 Å². The predicted molar refractivity (Wildman–Crippen MR) is 47.2 cm³/mol. The predicted octanol–water partition coefficient (Wildman–Crippen LogP) is 2.42. The van der Waals surface area contributed by atoms with Crippen LogP contribution >= 0.6 is 0 Å². The molecule has 0 spiro atoms. The van der Waals surface area contributed by atoms with Crippen LogP contribution in [0, 0.1) is 5.92 Å². The number of nitrogens with one attached hydrogen (secondary N) is 1. The standard InChI is InChI=1S/C9H21N/c1-5-7-9(6-2)8(3)10-4/h8-10H,5-7H2,1-4H3/t8?,9-/m0/s1. The van der Waals surface area contributed by atoms with E-state index in [0.717, 1.165) is 5.92 Å². The zero-order valence-corrected chi connectivity index (χ0v) is 7.78. The average molecular weight is 143 g/mol. The quantitative estimate of drug-likeness (QED) is 0.623. The highest BCUT2D eigenvalue weighted by atomic mass is 14.9. The van der Waals surface area contributed by atoms with Gasteiger partial charge in [0.1, 0.15) is 0 Å². The molecule has 0 saturated carbocycles. The molecule has 0 heterocycles. The second-order valence-electron chi connectivity index (χ2n) is 3.03. The minimum Gasteiger partial charge on any atom is -0.317 e. The molecule has 0 aromatic heterocycles. The van der Waals surface area contributed by atoms with Crippen molar-refractivity contribution in [3.8, 4) is 0 Å². The molecule has 0 rings (SSSR count). The summed E-state index contributed by atoms with van der Waals surface area (Å²) in [5.41, 5.74) is 0. The fourth-order valence-electron chi connectivity index (χ4n) is 1.41. The molecule has 1 unspecified atom stereocenters. The molecule has 0 aliphatic heterocycles. The van der Waals surface area contributed by atoms with Gasteiger partial charge in [0, 0.05) is 6.04 Å². The Morgan fingerprint density at radius 1 is 1.30 bits per heavy atom. The van der Waals surface area contributed by atoms with Crippen LogP contribution in [0.15, 0.2) is 0 Å².